The van der Waals surface area contributed by atoms with E-state index in [9.17, 15) is 18.4 Å². The van der Waals surface area contributed by atoms with Crippen LogP contribution in [0.15, 0.2) is 18.2 Å². The summed E-state index contributed by atoms with van der Waals surface area (Å²) >= 11 is 0. The van der Waals surface area contributed by atoms with Gasteiger partial charge in [0, 0.05) is 0 Å². The normalized spacial score (nSPS) is 11.8. The summed E-state index contributed by atoms with van der Waals surface area (Å²) in [5.41, 5.74) is -0.447. The van der Waals surface area contributed by atoms with Crippen molar-refractivity contribution < 1.29 is 23.1 Å². The Morgan fingerprint density at radius 2 is 2.06 bits per heavy atom. The lowest BCUT2D eigenvalue weighted by atomic mass is 10.1. The lowest BCUT2D eigenvalue weighted by Gasteiger charge is -2.14. The van der Waals surface area contributed by atoms with E-state index in [2.05, 4.69) is 10.1 Å². The van der Waals surface area contributed by atoms with Gasteiger partial charge in [-0.25, -0.2) is 13.6 Å². The number of methoxy groups -OCH3 is 1. The fourth-order valence-electron chi connectivity index (χ4n) is 1.39. The van der Waals surface area contributed by atoms with E-state index in [1.165, 1.54) is 13.2 Å². The second kappa shape index (κ2) is 6.09. The predicted molar refractivity (Wildman–Crippen MR) is 59.9 cm³/mol. The second-order valence-corrected chi connectivity index (χ2v) is 3.56. The zero-order chi connectivity index (χ0) is 13.7. The van der Waals surface area contributed by atoms with Crippen LogP contribution in [0.4, 0.5) is 8.78 Å². The molecule has 18 heavy (non-hydrogen) atoms. The minimum absolute atomic E-state index is 0.287. The first-order chi connectivity index (χ1) is 8.51. The van der Waals surface area contributed by atoms with E-state index in [1.807, 2.05) is 0 Å². The predicted octanol–water partition coefficient (Wildman–Crippen LogP) is 1.65. The van der Waals surface area contributed by atoms with E-state index in [-0.39, 0.29) is 6.42 Å². The molecule has 0 saturated carbocycles. The van der Waals surface area contributed by atoms with Crippen molar-refractivity contribution in [3.8, 4) is 0 Å². The summed E-state index contributed by atoms with van der Waals surface area (Å²) in [6.45, 7) is 1.66. The van der Waals surface area contributed by atoms with Crippen molar-refractivity contribution in [2.24, 2.45) is 0 Å². The summed E-state index contributed by atoms with van der Waals surface area (Å²) in [6.07, 6.45) is 0.287. The van der Waals surface area contributed by atoms with Gasteiger partial charge in [0.1, 0.15) is 6.04 Å². The van der Waals surface area contributed by atoms with Crippen LogP contribution in [0.25, 0.3) is 0 Å². The van der Waals surface area contributed by atoms with Gasteiger partial charge in [0.15, 0.2) is 11.6 Å². The largest absolute Gasteiger partial charge is 0.467 e. The van der Waals surface area contributed by atoms with E-state index in [0.717, 1.165) is 12.1 Å². The van der Waals surface area contributed by atoms with Gasteiger partial charge in [-0.3, -0.25) is 4.79 Å². The van der Waals surface area contributed by atoms with Crippen molar-refractivity contribution in [3.63, 3.8) is 0 Å². The molecule has 0 unspecified atom stereocenters. The second-order valence-electron chi connectivity index (χ2n) is 3.56. The summed E-state index contributed by atoms with van der Waals surface area (Å²) < 4.78 is 30.7. The molecule has 0 spiro atoms. The molecule has 0 aliphatic heterocycles. The van der Waals surface area contributed by atoms with Gasteiger partial charge in [-0.05, 0) is 18.6 Å². The van der Waals surface area contributed by atoms with E-state index >= 15 is 0 Å². The molecule has 1 aromatic carbocycles. The molecule has 1 N–H and O–H groups in total. The molecule has 0 fully saturated rings. The van der Waals surface area contributed by atoms with Gasteiger partial charge >= 0.3 is 5.97 Å². The first-order valence-electron chi connectivity index (χ1n) is 5.34. The number of benzene rings is 1. The smallest absolute Gasteiger partial charge is 0.328 e. The maximum Gasteiger partial charge on any atom is 0.328 e. The number of hydrogen-bond acceptors (Lipinski definition) is 3. The van der Waals surface area contributed by atoms with Crippen LogP contribution in [-0.2, 0) is 9.53 Å². The molecule has 0 bridgehead atoms. The minimum atomic E-state index is -1.24. The van der Waals surface area contributed by atoms with Crippen molar-refractivity contribution >= 4 is 11.9 Å². The first kappa shape index (κ1) is 14.1. The van der Waals surface area contributed by atoms with Gasteiger partial charge in [0.2, 0.25) is 0 Å². The third-order valence-corrected chi connectivity index (χ3v) is 2.40. The van der Waals surface area contributed by atoms with Crippen LogP contribution in [-0.4, -0.2) is 25.0 Å². The summed E-state index contributed by atoms with van der Waals surface area (Å²) in [5.74, 6) is -3.85. The molecule has 4 nitrogen and oxygen atoms in total. The standard InChI is InChI=1S/C12H13F2NO3/c1-3-9(12(17)18-2)15-11(16)7-5-4-6-8(13)10(7)14/h4-6,9H,3H2,1-2H3,(H,15,16)/t9-/m1/s1. The fourth-order valence-corrected chi connectivity index (χ4v) is 1.39. The highest BCUT2D eigenvalue weighted by atomic mass is 19.2. The van der Waals surface area contributed by atoms with Crippen LogP contribution in [0.3, 0.4) is 0 Å². The average Bonchev–Trinajstić information content (AvgIpc) is 2.37. The van der Waals surface area contributed by atoms with Gasteiger partial charge in [-0.1, -0.05) is 13.0 Å². The molecule has 0 radical (unpaired) electrons. The van der Waals surface area contributed by atoms with Crippen molar-refractivity contribution in [2.45, 2.75) is 19.4 Å². The lowest BCUT2D eigenvalue weighted by molar-refractivity contribution is -0.142. The Kier molecular flexibility index (Phi) is 4.76. The quantitative estimate of drug-likeness (QED) is 0.834. The van der Waals surface area contributed by atoms with Crippen LogP contribution in [0.2, 0.25) is 0 Å². The van der Waals surface area contributed by atoms with Crippen molar-refractivity contribution in [1.29, 1.82) is 0 Å². The molecule has 1 aromatic rings. The summed E-state index contributed by atoms with van der Waals surface area (Å²) in [5, 5.41) is 2.28. The number of halogens is 2. The molecular formula is C12H13F2NO3. The molecule has 1 atom stereocenters. The van der Waals surface area contributed by atoms with Crippen molar-refractivity contribution in [2.75, 3.05) is 7.11 Å². The van der Waals surface area contributed by atoms with Crippen LogP contribution in [0.1, 0.15) is 23.7 Å². The maximum atomic E-state index is 13.3. The van der Waals surface area contributed by atoms with E-state index in [4.69, 9.17) is 0 Å². The first-order valence-corrected chi connectivity index (χ1v) is 5.34. The molecule has 0 aromatic heterocycles. The highest BCUT2D eigenvalue weighted by Crippen LogP contribution is 2.11. The third-order valence-electron chi connectivity index (χ3n) is 2.40. The molecule has 0 aliphatic carbocycles. The number of rotatable bonds is 4. The number of esters is 1. The monoisotopic (exact) mass is 257 g/mol. The number of nitrogens with one attached hydrogen (secondary N) is 1. The molecule has 0 aliphatic rings. The average molecular weight is 257 g/mol. The molecule has 98 valence electrons. The Morgan fingerprint density at radius 3 is 2.61 bits per heavy atom. The summed E-state index contributed by atoms with van der Waals surface area (Å²) in [6, 6.07) is 2.37. The molecule has 1 rings (SSSR count). The highest BCUT2D eigenvalue weighted by Gasteiger charge is 2.22. The summed E-state index contributed by atoms with van der Waals surface area (Å²) in [4.78, 5) is 22.9. The van der Waals surface area contributed by atoms with Crippen LogP contribution in [0.5, 0.6) is 0 Å². The molecule has 0 heterocycles. The molecule has 0 saturated heterocycles. The fraction of sp³-hybridized carbons (Fsp3) is 0.333. The Hall–Kier alpha value is -1.98. The summed E-state index contributed by atoms with van der Waals surface area (Å²) in [7, 11) is 1.18. The molecule has 1 amide bonds. The van der Waals surface area contributed by atoms with Gasteiger partial charge in [-0.2, -0.15) is 0 Å². The van der Waals surface area contributed by atoms with Crippen molar-refractivity contribution in [3.05, 3.63) is 35.4 Å². The molecular weight excluding hydrogens is 244 g/mol. The SMILES string of the molecule is CC[C@@H](NC(=O)c1cccc(F)c1F)C(=O)OC. The Labute approximate surface area is 103 Å². The molecule has 6 heteroatoms. The zero-order valence-corrected chi connectivity index (χ0v) is 10.00. The number of hydrogen-bond donors (Lipinski definition) is 1. The van der Waals surface area contributed by atoms with Gasteiger partial charge in [0.25, 0.3) is 5.91 Å². The van der Waals surface area contributed by atoms with E-state index in [1.54, 1.807) is 6.92 Å². The van der Waals surface area contributed by atoms with Gasteiger partial charge in [-0.15, -0.1) is 0 Å². The van der Waals surface area contributed by atoms with E-state index in [0.29, 0.717) is 0 Å². The topological polar surface area (TPSA) is 55.4 Å². The van der Waals surface area contributed by atoms with Crippen LogP contribution in [0, 0.1) is 11.6 Å². The number of amides is 1. The van der Waals surface area contributed by atoms with Gasteiger partial charge < -0.3 is 10.1 Å². The lowest BCUT2D eigenvalue weighted by Crippen LogP contribution is -2.41. The number of ether oxygens (including phenoxy) is 1. The highest BCUT2D eigenvalue weighted by molar-refractivity contribution is 5.97. The van der Waals surface area contributed by atoms with Gasteiger partial charge in [0.05, 0.1) is 12.7 Å². The third kappa shape index (κ3) is 3.03. The Bertz CT molecular complexity index is 463. The Morgan fingerprint density at radius 1 is 1.39 bits per heavy atom. The zero-order valence-electron chi connectivity index (χ0n) is 10.00. The minimum Gasteiger partial charge on any atom is -0.467 e. The number of carbonyl (C=O) groups excluding carboxylic acids is 2. The number of carbonyl (C=O) groups is 2. The van der Waals surface area contributed by atoms with E-state index < -0.39 is 35.1 Å². The van der Waals surface area contributed by atoms with Crippen molar-refractivity contribution in [1.82, 2.24) is 5.32 Å². The maximum absolute atomic E-state index is 13.3. The van der Waals surface area contributed by atoms with Crippen LogP contribution >= 0.6 is 0 Å². The Balaban J connectivity index is 2.88. The van der Waals surface area contributed by atoms with Crippen LogP contribution < -0.4 is 5.32 Å².